The summed E-state index contributed by atoms with van der Waals surface area (Å²) in [5, 5.41) is 11.0. The Morgan fingerprint density at radius 3 is 2.87 bits per heavy atom. The van der Waals surface area contributed by atoms with Crippen molar-refractivity contribution in [3.8, 4) is 0 Å². The second-order valence-electron chi connectivity index (χ2n) is 4.92. The Morgan fingerprint density at radius 2 is 2.13 bits per heavy atom. The Bertz CT molecular complexity index is 952. The number of benzene rings is 1. The highest BCUT2D eigenvalue weighted by Gasteiger charge is 2.35. The third-order valence-electron chi connectivity index (χ3n) is 3.56. The molecule has 2 aromatic rings. The number of nitrogens with one attached hydrogen (secondary N) is 1. The highest BCUT2D eigenvalue weighted by Crippen LogP contribution is 2.31. The number of carbonyl (C=O) groups excluding carboxylic acids is 1. The van der Waals surface area contributed by atoms with Crippen LogP contribution in [0.15, 0.2) is 50.9 Å². The molecule has 4 rings (SSSR count). The molecule has 0 unspecified atom stereocenters. The number of fused-ring (bicyclic) bond motifs is 2. The van der Waals surface area contributed by atoms with Gasteiger partial charge in [-0.3, -0.25) is 10.1 Å². The maximum absolute atomic E-state index is 12.6. The zero-order chi connectivity index (χ0) is 16.0. The molecule has 2 aliphatic heterocycles. The van der Waals surface area contributed by atoms with E-state index in [2.05, 4.69) is 33.0 Å². The number of furan rings is 1. The largest absolute Gasteiger partial charge is 0.451 e. The molecule has 1 atom stereocenters. The number of rotatable bonds is 1. The lowest BCUT2D eigenvalue weighted by molar-refractivity contribution is -0.116. The van der Waals surface area contributed by atoms with Gasteiger partial charge in [0.05, 0.1) is 5.36 Å². The normalized spacial score (nSPS) is 19.5. The van der Waals surface area contributed by atoms with Gasteiger partial charge in [-0.15, -0.1) is 5.10 Å². The molecule has 0 bridgehead atoms. The number of amidine groups is 1. The van der Waals surface area contributed by atoms with Crippen molar-refractivity contribution in [2.75, 3.05) is 6.26 Å². The molecule has 0 saturated carbocycles. The summed E-state index contributed by atoms with van der Waals surface area (Å²) in [6.45, 7) is 0. The molecule has 0 radical (unpaired) electrons. The van der Waals surface area contributed by atoms with Crippen LogP contribution in [0.4, 0.5) is 0 Å². The van der Waals surface area contributed by atoms with Crippen LogP contribution in [0.2, 0.25) is 0 Å². The summed E-state index contributed by atoms with van der Waals surface area (Å²) >= 11 is 3.49. The first-order valence-electron chi connectivity index (χ1n) is 6.83. The third-order valence-corrected chi connectivity index (χ3v) is 4.71. The van der Waals surface area contributed by atoms with E-state index in [0.29, 0.717) is 16.6 Å². The number of halogens is 1. The van der Waals surface area contributed by atoms with Gasteiger partial charge in [0.2, 0.25) is 6.17 Å². The molecule has 23 heavy (non-hydrogen) atoms. The van der Waals surface area contributed by atoms with E-state index >= 15 is 0 Å². The van der Waals surface area contributed by atoms with E-state index in [4.69, 9.17) is 9.41 Å². The van der Waals surface area contributed by atoms with Crippen molar-refractivity contribution in [2.24, 2.45) is 10.1 Å². The van der Waals surface area contributed by atoms with Gasteiger partial charge in [-0.2, -0.15) is 0 Å². The SMILES string of the molecule is CSC1=NN2C(=c3ccccc3=N[C@@H]2c2ccc(I)o2)C(=O)N1. The van der Waals surface area contributed by atoms with Crippen molar-refractivity contribution in [3.05, 3.63) is 56.5 Å². The topological polar surface area (TPSA) is 70.2 Å². The van der Waals surface area contributed by atoms with Crippen molar-refractivity contribution in [3.63, 3.8) is 0 Å². The van der Waals surface area contributed by atoms with Crippen LogP contribution in [0.5, 0.6) is 0 Å². The quantitative estimate of drug-likeness (QED) is 0.684. The highest BCUT2D eigenvalue weighted by molar-refractivity contribution is 14.1. The average molecular weight is 438 g/mol. The first-order valence-corrected chi connectivity index (χ1v) is 9.13. The first-order chi connectivity index (χ1) is 11.2. The fourth-order valence-corrected chi connectivity index (χ4v) is 3.37. The van der Waals surface area contributed by atoms with Crippen molar-refractivity contribution in [1.29, 1.82) is 0 Å². The van der Waals surface area contributed by atoms with Gasteiger partial charge in [0.25, 0.3) is 5.91 Å². The molecule has 1 aromatic carbocycles. The molecule has 0 aliphatic carbocycles. The summed E-state index contributed by atoms with van der Waals surface area (Å²) in [5.41, 5.74) is 0.491. The van der Waals surface area contributed by atoms with Crippen LogP contribution in [0.25, 0.3) is 5.70 Å². The molecule has 1 amide bonds. The molecular formula is C15H11IN4O2S. The smallest absolute Gasteiger partial charge is 0.276 e. The second-order valence-corrected chi connectivity index (χ2v) is 6.78. The zero-order valence-corrected chi connectivity index (χ0v) is 15.0. The fraction of sp³-hybridized carbons (Fsp3) is 0.133. The molecule has 116 valence electrons. The number of nitrogens with zero attached hydrogens (tertiary/aromatic N) is 3. The molecule has 3 heterocycles. The van der Waals surface area contributed by atoms with Gasteiger partial charge in [0, 0.05) is 5.22 Å². The van der Waals surface area contributed by atoms with E-state index in [1.54, 1.807) is 5.01 Å². The molecule has 0 fully saturated rings. The van der Waals surface area contributed by atoms with Crippen LogP contribution in [0, 0.1) is 3.77 Å². The summed E-state index contributed by atoms with van der Waals surface area (Å²) in [5.74, 6) is 0.471. The Hall–Kier alpha value is -1.81. The van der Waals surface area contributed by atoms with Crippen molar-refractivity contribution in [1.82, 2.24) is 10.3 Å². The van der Waals surface area contributed by atoms with E-state index in [0.717, 1.165) is 14.3 Å². The number of amides is 1. The van der Waals surface area contributed by atoms with Crippen LogP contribution in [0.3, 0.4) is 0 Å². The number of hydrogen-bond acceptors (Lipinski definition) is 6. The fourth-order valence-electron chi connectivity index (χ4n) is 2.57. The minimum Gasteiger partial charge on any atom is -0.451 e. The van der Waals surface area contributed by atoms with Gasteiger partial charge < -0.3 is 4.42 Å². The minimum absolute atomic E-state index is 0.182. The Labute approximate surface area is 149 Å². The molecule has 2 aliphatic rings. The van der Waals surface area contributed by atoms with E-state index < -0.39 is 6.17 Å². The van der Waals surface area contributed by atoms with E-state index in [9.17, 15) is 4.79 Å². The van der Waals surface area contributed by atoms with Crippen LogP contribution in [-0.2, 0) is 4.79 Å². The molecular weight excluding hydrogens is 427 g/mol. The first kappa shape index (κ1) is 14.8. The minimum atomic E-state index is -0.489. The van der Waals surface area contributed by atoms with E-state index in [-0.39, 0.29) is 5.91 Å². The lowest BCUT2D eigenvalue weighted by Crippen LogP contribution is -2.50. The maximum atomic E-state index is 12.6. The number of hydrogen-bond donors (Lipinski definition) is 1. The van der Waals surface area contributed by atoms with Gasteiger partial charge in [-0.1, -0.05) is 30.0 Å². The summed E-state index contributed by atoms with van der Waals surface area (Å²) in [4.78, 5) is 17.3. The summed E-state index contributed by atoms with van der Waals surface area (Å²) in [6, 6.07) is 11.3. The predicted molar refractivity (Wildman–Crippen MR) is 95.7 cm³/mol. The Balaban J connectivity index is 1.99. The lowest BCUT2D eigenvalue weighted by Gasteiger charge is -2.32. The summed E-state index contributed by atoms with van der Waals surface area (Å²) in [7, 11) is 0. The van der Waals surface area contributed by atoms with Crippen molar-refractivity contribution >= 4 is 51.1 Å². The molecule has 1 aromatic heterocycles. The van der Waals surface area contributed by atoms with Crippen LogP contribution in [0.1, 0.15) is 11.9 Å². The zero-order valence-electron chi connectivity index (χ0n) is 12.0. The van der Waals surface area contributed by atoms with Gasteiger partial charge in [0.15, 0.2) is 14.7 Å². The Morgan fingerprint density at radius 1 is 1.30 bits per heavy atom. The summed E-state index contributed by atoms with van der Waals surface area (Å²) in [6.07, 6.45) is 1.38. The summed E-state index contributed by atoms with van der Waals surface area (Å²) < 4.78 is 6.49. The van der Waals surface area contributed by atoms with Gasteiger partial charge >= 0.3 is 0 Å². The highest BCUT2D eigenvalue weighted by atomic mass is 127. The monoisotopic (exact) mass is 438 g/mol. The lowest BCUT2D eigenvalue weighted by atomic mass is 10.1. The maximum Gasteiger partial charge on any atom is 0.276 e. The van der Waals surface area contributed by atoms with Crippen LogP contribution < -0.4 is 15.9 Å². The predicted octanol–water partition coefficient (Wildman–Crippen LogP) is 1.39. The number of thioether (sulfide) groups is 1. The van der Waals surface area contributed by atoms with Crippen molar-refractivity contribution in [2.45, 2.75) is 6.17 Å². The average Bonchev–Trinajstić information content (AvgIpc) is 2.99. The standard InChI is InChI=1S/C15H11IN4O2S/c1-23-15-18-14(21)12-8-4-2-3-5-9(8)17-13(20(12)19-15)10-6-7-11(16)22-10/h2-7,13H,1H3,(H,18,19,21)/t13-/m0/s1. The van der Waals surface area contributed by atoms with Crippen molar-refractivity contribution < 1.29 is 9.21 Å². The molecule has 1 N–H and O–H groups in total. The number of hydrazone groups is 1. The molecule has 0 saturated heterocycles. The molecule has 0 spiro atoms. The molecule has 8 heteroatoms. The van der Waals surface area contributed by atoms with Crippen LogP contribution >= 0.6 is 34.4 Å². The Kier molecular flexibility index (Phi) is 3.64. The second kappa shape index (κ2) is 5.68. The third kappa shape index (κ3) is 2.45. The van der Waals surface area contributed by atoms with Gasteiger partial charge in [-0.05, 0) is 47.0 Å². The number of para-hydroxylation sites is 1. The van der Waals surface area contributed by atoms with Crippen LogP contribution in [-0.4, -0.2) is 22.3 Å². The van der Waals surface area contributed by atoms with E-state index in [1.807, 2.05) is 42.7 Å². The molecule has 6 nitrogen and oxygen atoms in total. The van der Waals surface area contributed by atoms with Gasteiger partial charge in [-0.25, -0.2) is 10.0 Å². The van der Waals surface area contributed by atoms with E-state index in [1.165, 1.54) is 11.8 Å². The number of carbonyl (C=O) groups is 1. The van der Waals surface area contributed by atoms with Gasteiger partial charge in [0.1, 0.15) is 5.70 Å².